The zero-order chi connectivity index (χ0) is 22.0. The Hall–Kier alpha value is -3.87. The van der Waals surface area contributed by atoms with Crippen molar-refractivity contribution in [1.82, 2.24) is 9.99 Å². The summed E-state index contributed by atoms with van der Waals surface area (Å²) in [5, 5.41) is 16.1. The number of aromatic nitrogens is 1. The summed E-state index contributed by atoms with van der Waals surface area (Å²) in [5.41, 5.74) is 3.78. The fraction of sp³-hybridized carbons (Fsp3) is 0.208. The van der Waals surface area contributed by atoms with Crippen molar-refractivity contribution in [3.05, 3.63) is 83.2 Å². The van der Waals surface area contributed by atoms with E-state index in [1.54, 1.807) is 44.8 Å². The second-order valence-corrected chi connectivity index (χ2v) is 7.27. The highest BCUT2D eigenvalue weighted by Crippen LogP contribution is 2.38. The standard InChI is InChI=1S/C24H23N3O4/c1-15-12-17(4-6-21(15)28)19-14-20(18-5-7-22(30-2)23(13-18)31-3)27(26-19)24(29)16-8-10-25-11-9-16/h4-13,20,28H,14H2,1-3H3. The van der Waals surface area contributed by atoms with Crippen LogP contribution in [0.15, 0.2) is 66.0 Å². The van der Waals surface area contributed by atoms with Crippen molar-refractivity contribution < 1.29 is 19.4 Å². The average molecular weight is 417 g/mol. The van der Waals surface area contributed by atoms with Gasteiger partial charge in [-0.15, -0.1) is 0 Å². The lowest BCUT2D eigenvalue weighted by Crippen LogP contribution is -2.27. The Kier molecular flexibility index (Phi) is 5.58. The Morgan fingerprint density at radius 2 is 1.77 bits per heavy atom. The van der Waals surface area contributed by atoms with E-state index in [-0.39, 0.29) is 17.7 Å². The Morgan fingerprint density at radius 3 is 2.45 bits per heavy atom. The molecule has 158 valence electrons. The second kappa shape index (κ2) is 8.47. The topological polar surface area (TPSA) is 84.3 Å². The molecule has 0 aliphatic carbocycles. The number of aromatic hydroxyl groups is 1. The first kappa shape index (κ1) is 20.4. The van der Waals surface area contributed by atoms with Gasteiger partial charge in [-0.3, -0.25) is 9.78 Å². The number of pyridine rings is 1. The van der Waals surface area contributed by atoms with Crippen LogP contribution in [0.25, 0.3) is 0 Å². The van der Waals surface area contributed by atoms with E-state index in [0.717, 1.165) is 22.4 Å². The van der Waals surface area contributed by atoms with Crippen molar-refractivity contribution in [1.29, 1.82) is 0 Å². The highest BCUT2D eigenvalue weighted by molar-refractivity contribution is 6.05. The molecule has 0 radical (unpaired) electrons. The fourth-order valence-corrected chi connectivity index (χ4v) is 3.65. The number of benzene rings is 2. The lowest BCUT2D eigenvalue weighted by atomic mass is 9.97. The van der Waals surface area contributed by atoms with Crippen LogP contribution in [0, 0.1) is 6.92 Å². The molecule has 0 fully saturated rings. The lowest BCUT2D eigenvalue weighted by molar-refractivity contribution is 0.0711. The summed E-state index contributed by atoms with van der Waals surface area (Å²) in [7, 11) is 3.16. The third kappa shape index (κ3) is 3.94. The van der Waals surface area contributed by atoms with Crippen LogP contribution in [0.1, 0.15) is 39.5 Å². The molecular weight excluding hydrogens is 394 g/mol. The van der Waals surface area contributed by atoms with Gasteiger partial charge in [0.15, 0.2) is 11.5 Å². The molecule has 1 atom stereocenters. The first-order valence-electron chi connectivity index (χ1n) is 9.84. The van der Waals surface area contributed by atoms with Gasteiger partial charge in [0.05, 0.1) is 26.0 Å². The number of aryl methyl sites for hydroxylation is 1. The normalized spacial score (nSPS) is 15.5. The number of amides is 1. The summed E-state index contributed by atoms with van der Waals surface area (Å²) in [5.74, 6) is 1.22. The van der Waals surface area contributed by atoms with E-state index in [0.29, 0.717) is 23.5 Å². The molecule has 1 N–H and O–H groups in total. The largest absolute Gasteiger partial charge is 0.508 e. The number of carbonyl (C=O) groups is 1. The number of hydrogen-bond acceptors (Lipinski definition) is 6. The quantitative estimate of drug-likeness (QED) is 0.676. The van der Waals surface area contributed by atoms with Gasteiger partial charge in [0.2, 0.25) is 0 Å². The molecule has 1 aliphatic rings. The van der Waals surface area contributed by atoms with Crippen molar-refractivity contribution in [2.24, 2.45) is 5.10 Å². The Morgan fingerprint density at radius 1 is 1.03 bits per heavy atom. The highest BCUT2D eigenvalue weighted by Gasteiger charge is 2.34. The summed E-state index contributed by atoms with van der Waals surface area (Å²) in [4.78, 5) is 17.3. The first-order valence-corrected chi connectivity index (χ1v) is 9.84. The van der Waals surface area contributed by atoms with Gasteiger partial charge in [0.25, 0.3) is 5.91 Å². The Bertz CT molecular complexity index is 1140. The number of ether oxygens (including phenoxy) is 2. The molecule has 0 bridgehead atoms. The maximum Gasteiger partial charge on any atom is 0.274 e. The van der Waals surface area contributed by atoms with Gasteiger partial charge < -0.3 is 14.6 Å². The van der Waals surface area contributed by atoms with Crippen LogP contribution in [0.5, 0.6) is 17.2 Å². The van der Waals surface area contributed by atoms with Crippen LogP contribution in [-0.2, 0) is 0 Å². The van der Waals surface area contributed by atoms with Gasteiger partial charge in [-0.25, -0.2) is 5.01 Å². The van der Waals surface area contributed by atoms with Crippen molar-refractivity contribution in [2.45, 2.75) is 19.4 Å². The molecule has 31 heavy (non-hydrogen) atoms. The van der Waals surface area contributed by atoms with Crippen molar-refractivity contribution in [2.75, 3.05) is 14.2 Å². The molecule has 7 heteroatoms. The molecule has 1 aliphatic heterocycles. The zero-order valence-electron chi connectivity index (χ0n) is 17.6. The van der Waals surface area contributed by atoms with E-state index >= 15 is 0 Å². The van der Waals surface area contributed by atoms with E-state index < -0.39 is 0 Å². The minimum absolute atomic E-state index is 0.215. The summed E-state index contributed by atoms with van der Waals surface area (Å²) in [6.45, 7) is 1.83. The SMILES string of the molecule is COc1ccc(C2CC(c3ccc(O)c(C)c3)=NN2C(=O)c2ccncc2)cc1OC. The monoisotopic (exact) mass is 417 g/mol. The summed E-state index contributed by atoms with van der Waals surface area (Å²) in [6.07, 6.45) is 3.70. The molecule has 3 aromatic rings. The number of hydrogen-bond donors (Lipinski definition) is 1. The number of carbonyl (C=O) groups excluding carboxylic acids is 1. The molecule has 2 aromatic carbocycles. The maximum atomic E-state index is 13.3. The predicted octanol–water partition coefficient (Wildman–Crippen LogP) is 4.10. The van der Waals surface area contributed by atoms with Gasteiger partial charge in [-0.05, 0) is 66.1 Å². The molecule has 4 rings (SSSR count). The molecule has 7 nitrogen and oxygen atoms in total. The van der Waals surface area contributed by atoms with Crippen LogP contribution >= 0.6 is 0 Å². The number of rotatable bonds is 5. The smallest absolute Gasteiger partial charge is 0.274 e. The van der Waals surface area contributed by atoms with Crippen molar-refractivity contribution in [3.8, 4) is 17.2 Å². The second-order valence-electron chi connectivity index (χ2n) is 7.27. The number of methoxy groups -OCH3 is 2. The molecule has 1 amide bonds. The van der Waals surface area contributed by atoms with Gasteiger partial charge in [0, 0.05) is 24.4 Å². The number of hydrazone groups is 1. The Balaban J connectivity index is 1.76. The van der Waals surface area contributed by atoms with Gasteiger partial charge >= 0.3 is 0 Å². The van der Waals surface area contributed by atoms with Crippen LogP contribution < -0.4 is 9.47 Å². The Labute approximate surface area is 180 Å². The molecule has 0 saturated carbocycles. The molecule has 1 aromatic heterocycles. The van der Waals surface area contributed by atoms with Crippen molar-refractivity contribution >= 4 is 11.6 Å². The molecule has 0 saturated heterocycles. The molecule has 2 heterocycles. The third-order valence-electron chi connectivity index (χ3n) is 5.37. The van der Waals surface area contributed by atoms with Crippen LogP contribution in [-0.4, -0.2) is 40.9 Å². The summed E-state index contributed by atoms with van der Waals surface area (Å²) in [6, 6.07) is 14.0. The van der Waals surface area contributed by atoms with Crippen LogP contribution in [0.2, 0.25) is 0 Å². The molecular formula is C24H23N3O4. The van der Waals surface area contributed by atoms with E-state index in [4.69, 9.17) is 9.47 Å². The van der Waals surface area contributed by atoms with Gasteiger partial charge in [-0.1, -0.05) is 6.07 Å². The van der Waals surface area contributed by atoms with Gasteiger partial charge in [0.1, 0.15) is 5.75 Å². The number of phenolic OH excluding ortho intramolecular Hbond substituents is 1. The predicted molar refractivity (Wildman–Crippen MR) is 117 cm³/mol. The maximum absolute atomic E-state index is 13.3. The first-order chi connectivity index (χ1) is 15.0. The molecule has 1 unspecified atom stereocenters. The van der Waals surface area contributed by atoms with E-state index in [1.807, 2.05) is 37.3 Å². The minimum Gasteiger partial charge on any atom is -0.508 e. The van der Waals surface area contributed by atoms with Crippen molar-refractivity contribution in [3.63, 3.8) is 0 Å². The third-order valence-corrected chi connectivity index (χ3v) is 5.37. The minimum atomic E-state index is -0.315. The lowest BCUT2D eigenvalue weighted by Gasteiger charge is -2.23. The van der Waals surface area contributed by atoms with E-state index in [2.05, 4.69) is 10.1 Å². The summed E-state index contributed by atoms with van der Waals surface area (Å²) >= 11 is 0. The van der Waals surface area contributed by atoms with Gasteiger partial charge in [-0.2, -0.15) is 5.10 Å². The fourth-order valence-electron chi connectivity index (χ4n) is 3.65. The number of nitrogens with zero attached hydrogens (tertiary/aromatic N) is 3. The molecule has 0 spiro atoms. The van der Waals surface area contributed by atoms with Crippen LogP contribution in [0.4, 0.5) is 0 Å². The van der Waals surface area contributed by atoms with E-state index in [9.17, 15) is 9.90 Å². The zero-order valence-corrected chi connectivity index (χ0v) is 17.6. The highest BCUT2D eigenvalue weighted by atomic mass is 16.5. The average Bonchev–Trinajstić information content (AvgIpc) is 3.26. The number of phenols is 1. The van der Waals surface area contributed by atoms with Crippen LogP contribution in [0.3, 0.4) is 0 Å². The summed E-state index contributed by atoms with van der Waals surface area (Å²) < 4.78 is 10.8. The van der Waals surface area contributed by atoms with E-state index in [1.165, 1.54) is 5.01 Å².